The van der Waals surface area contributed by atoms with Crippen LogP contribution >= 0.6 is 0 Å². The minimum atomic E-state index is -0.176. The molecular weight excluding hydrogens is 320 g/mol. The number of amides is 2. The van der Waals surface area contributed by atoms with Crippen molar-refractivity contribution in [3.8, 4) is 17.2 Å². The van der Waals surface area contributed by atoms with E-state index in [1.165, 1.54) is 7.11 Å². The van der Waals surface area contributed by atoms with Gasteiger partial charge in [0.1, 0.15) is 5.75 Å². The van der Waals surface area contributed by atoms with Crippen molar-refractivity contribution in [2.45, 2.75) is 13.0 Å². The van der Waals surface area contributed by atoms with Crippen molar-refractivity contribution in [2.75, 3.05) is 27.8 Å². The Labute approximate surface area is 148 Å². The number of rotatable bonds is 7. The number of urea groups is 1. The first kappa shape index (κ1) is 18.4. The number of hydrogen-bond donors (Lipinski definition) is 2. The molecule has 25 heavy (non-hydrogen) atoms. The van der Waals surface area contributed by atoms with Crippen LogP contribution in [-0.4, -0.2) is 43.8 Å². The first-order valence-electron chi connectivity index (χ1n) is 8.02. The van der Waals surface area contributed by atoms with Crippen LogP contribution in [0.2, 0.25) is 0 Å². The molecule has 2 amide bonds. The Balaban J connectivity index is 1.85. The number of nitrogens with one attached hydrogen (secondary N) is 1. The van der Waals surface area contributed by atoms with Crippen LogP contribution in [0.4, 0.5) is 4.79 Å². The normalized spacial score (nSPS) is 10.2. The number of benzene rings is 2. The Morgan fingerprint density at radius 1 is 1.12 bits per heavy atom. The van der Waals surface area contributed by atoms with Gasteiger partial charge < -0.3 is 24.8 Å². The molecule has 134 valence electrons. The largest absolute Gasteiger partial charge is 0.504 e. The second-order valence-electron chi connectivity index (χ2n) is 5.66. The van der Waals surface area contributed by atoms with E-state index >= 15 is 0 Å². The Morgan fingerprint density at radius 2 is 1.84 bits per heavy atom. The molecule has 0 aromatic heterocycles. The number of methoxy groups -OCH3 is 2. The third kappa shape index (κ3) is 5.04. The average Bonchev–Trinajstić information content (AvgIpc) is 2.62. The monoisotopic (exact) mass is 344 g/mol. The SMILES string of the molecule is COc1ccc(CN(C)C(=O)NCCc2ccccc2OC)cc1O. The number of carbonyl (C=O) groups excluding carboxylic acids is 1. The summed E-state index contributed by atoms with van der Waals surface area (Å²) in [5, 5.41) is 12.7. The number of carbonyl (C=O) groups is 1. The van der Waals surface area contributed by atoms with E-state index in [4.69, 9.17) is 9.47 Å². The van der Waals surface area contributed by atoms with Gasteiger partial charge in [-0.1, -0.05) is 24.3 Å². The van der Waals surface area contributed by atoms with Crippen LogP contribution in [0.3, 0.4) is 0 Å². The minimum absolute atomic E-state index is 0.0602. The van der Waals surface area contributed by atoms with Gasteiger partial charge >= 0.3 is 6.03 Å². The van der Waals surface area contributed by atoms with Gasteiger partial charge in [-0.05, 0) is 35.7 Å². The summed E-state index contributed by atoms with van der Waals surface area (Å²) in [4.78, 5) is 13.8. The molecule has 0 atom stereocenters. The highest BCUT2D eigenvalue weighted by Crippen LogP contribution is 2.26. The summed E-state index contributed by atoms with van der Waals surface area (Å²) in [6.07, 6.45) is 0.687. The summed E-state index contributed by atoms with van der Waals surface area (Å²) in [6.45, 7) is 0.898. The van der Waals surface area contributed by atoms with Crippen molar-refractivity contribution in [1.82, 2.24) is 10.2 Å². The zero-order valence-corrected chi connectivity index (χ0v) is 14.8. The van der Waals surface area contributed by atoms with Crippen molar-refractivity contribution in [3.05, 3.63) is 53.6 Å². The highest BCUT2D eigenvalue weighted by atomic mass is 16.5. The van der Waals surface area contributed by atoms with E-state index in [2.05, 4.69) is 5.32 Å². The molecule has 2 aromatic carbocycles. The van der Waals surface area contributed by atoms with E-state index in [0.29, 0.717) is 25.3 Å². The molecule has 0 aliphatic rings. The highest BCUT2D eigenvalue weighted by molar-refractivity contribution is 5.73. The van der Waals surface area contributed by atoms with Crippen LogP contribution in [0, 0.1) is 0 Å². The zero-order valence-electron chi connectivity index (χ0n) is 14.8. The molecule has 6 heteroatoms. The maximum Gasteiger partial charge on any atom is 0.317 e. The molecule has 0 saturated heterocycles. The molecule has 0 aliphatic carbocycles. The topological polar surface area (TPSA) is 71.0 Å². The van der Waals surface area contributed by atoms with Crippen LogP contribution in [0.1, 0.15) is 11.1 Å². The van der Waals surface area contributed by atoms with Gasteiger partial charge in [0.2, 0.25) is 0 Å². The Kier molecular flexibility index (Phi) is 6.51. The lowest BCUT2D eigenvalue weighted by molar-refractivity contribution is 0.207. The van der Waals surface area contributed by atoms with E-state index in [1.54, 1.807) is 31.2 Å². The van der Waals surface area contributed by atoms with Crippen LogP contribution in [0.5, 0.6) is 17.2 Å². The number of phenolic OH excluding ortho intramolecular Hbond substituents is 1. The summed E-state index contributed by atoms with van der Waals surface area (Å²) in [7, 11) is 4.84. The fraction of sp³-hybridized carbons (Fsp3) is 0.316. The standard InChI is InChI=1S/C19H24N2O4/c1-21(13-14-8-9-18(25-3)16(22)12-14)19(23)20-11-10-15-6-4-5-7-17(15)24-2/h4-9,12,22H,10-11,13H2,1-3H3,(H,20,23). The summed E-state index contributed by atoms with van der Waals surface area (Å²) in [6, 6.07) is 12.7. The predicted molar refractivity (Wildman–Crippen MR) is 96.2 cm³/mol. The molecule has 0 spiro atoms. The molecule has 0 saturated carbocycles. The molecule has 2 N–H and O–H groups in total. The maximum absolute atomic E-state index is 12.2. The third-order valence-corrected chi connectivity index (χ3v) is 3.87. The quantitative estimate of drug-likeness (QED) is 0.810. The third-order valence-electron chi connectivity index (χ3n) is 3.87. The van der Waals surface area contributed by atoms with E-state index < -0.39 is 0 Å². The van der Waals surface area contributed by atoms with E-state index in [9.17, 15) is 9.90 Å². The average molecular weight is 344 g/mol. The van der Waals surface area contributed by atoms with Crippen LogP contribution in [0.15, 0.2) is 42.5 Å². The van der Waals surface area contributed by atoms with Crippen molar-refractivity contribution >= 4 is 6.03 Å². The zero-order chi connectivity index (χ0) is 18.2. The van der Waals surface area contributed by atoms with Gasteiger partial charge in [-0.2, -0.15) is 0 Å². The smallest absolute Gasteiger partial charge is 0.317 e. The van der Waals surface area contributed by atoms with E-state index in [-0.39, 0.29) is 11.8 Å². The maximum atomic E-state index is 12.2. The van der Waals surface area contributed by atoms with Crippen molar-refractivity contribution < 1.29 is 19.4 Å². The first-order valence-corrected chi connectivity index (χ1v) is 8.02. The number of nitrogens with zero attached hydrogens (tertiary/aromatic N) is 1. The van der Waals surface area contributed by atoms with Gasteiger partial charge in [0.25, 0.3) is 0 Å². The predicted octanol–water partition coefficient (Wildman–Crippen LogP) is 2.79. The fourth-order valence-electron chi connectivity index (χ4n) is 2.53. The number of para-hydroxylation sites is 1. The molecular formula is C19H24N2O4. The summed E-state index contributed by atoms with van der Waals surface area (Å²) in [5.41, 5.74) is 1.87. The van der Waals surface area contributed by atoms with Crippen molar-refractivity contribution in [3.63, 3.8) is 0 Å². The van der Waals surface area contributed by atoms with Crippen LogP contribution in [-0.2, 0) is 13.0 Å². The number of aromatic hydroxyl groups is 1. The van der Waals surface area contributed by atoms with Crippen LogP contribution in [0.25, 0.3) is 0 Å². The lowest BCUT2D eigenvalue weighted by atomic mass is 10.1. The van der Waals surface area contributed by atoms with Crippen molar-refractivity contribution in [2.24, 2.45) is 0 Å². The number of ether oxygens (including phenoxy) is 2. The van der Waals surface area contributed by atoms with Gasteiger partial charge in [0, 0.05) is 20.1 Å². The highest BCUT2D eigenvalue weighted by Gasteiger charge is 2.11. The molecule has 6 nitrogen and oxygen atoms in total. The lowest BCUT2D eigenvalue weighted by Gasteiger charge is -2.19. The summed E-state index contributed by atoms with van der Waals surface area (Å²) >= 11 is 0. The second kappa shape index (κ2) is 8.82. The van der Waals surface area contributed by atoms with Gasteiger partial charge in [0.05, 0.1) is 14.2 Å². The molecule has 2 rings (SSSR count). The molecule has 0 aliphatic heterocycles. The summed E-state index contributed by atoms with van der Waals surface area (Å²) < 4.78 is 10.3. The molecule has 2 aromatic rings. The fourth-order valence-corrected chi connectivity index (χ4v) is 2.53. The van der Waals surface area contributed by atoms with E-state index in [1.807, 2.05) is 30.3 Å². The Bertz CT molecular complexity index is 718. The van der Waals surface area contributed by atoms with Crippen molar-refractivity contribution in [1.29, 1.82) is 0 Å². The van der Waals surface area contributed by atoms with Gasteiger partial charge in [-0.25, -0.2) is 4.79 Å². The molecule has 0 fully saturated rings. The first-order chi connectivity index (χ1) is 12.0. The Hall–Kier alpha value is -2.89. The molecule has 0 heterocycles. The lowest BCUT2D eigenvalue weighted by Crippen LogP contribution is -2.37. The van der Waals surface area contributed by atoms with Crippen LogP contribution < -0.4 is 14.8 Å². The molecule has 0 bridgehead atoms. The molecule has 0 unspecified atom stereocenters. The number of phenols is 1. The van der Waals surface area contributed by atoms with Gasteiger partial charge in [0.15, 0.2) is 11.5 Å². The van der Waals surface area contributed by atoms with Gasteiger partial charge in [-0.3, -0.25) is 0 Å². The summed E-state index contributed by atoms with van der Waals surface area (Å²) in [5.74, 6) is 1.29. The number of hydrogen-bond acceptors (Lipinski definition) is 4. The second-order valence-corrected chi connectivity index (χ2v) is 5.66. The minimum Gasteiger partial charge on any atom is -0.504 e. The Morgan fingerprint density at radius 3 is 2.52 bits per heavy atom. The molecule has 0 radical (unpaired) electrons. The van der Waals surface area contributed by atoms with E-state index in [0.717, 1.165) is 16.9 Å². The van der Waals surface area contributed by atoms with Gasteiger partial charge in [-0.15, -0.1) is 0 Å².